The molecule has 0 atom stereocenters. The maximum atomic E-state index is 8.93. The van der Waals surface area contributed by atoms with Gasteiger partial charge in [-0.05, 0) is 6.08 Å². The molecule has 0 aromatic carbocycles. The Bertz CT molecular complexity index is 192. The van der Waals surface area contributed by atoms with Crippen LogP contribution in [0.15, 0.2) is 35.3 Å². The molecule has 5 N–H and O–H groups in total. The Morgan fingerprint density at radius 1 is 1.50 bits per heavy atom. The first-order chi connectivity index (χ1) is 4.57. The minimum atomic E-state index is -0.178. The van der Waals surface area contributed by atoms with Crippen molar-refractivity contribution >= 4 is 11.6 Å². The van der Waals surface area contributed by atoms with Crippen molar-refractivity contribution in [2.45, 2.75) is 0 Å². The smallest absolute Gasteiger partial charge is 0.141 e. The molecule has 10 heavy (non-hydrogen) atoms. The van der Waals surface area contributed by atoms with Gasteiger partial charge in [0.2, 0.25) is 0 Å². The summed E-state index contributed by atoms with van der Waals surface area (Å²) >= 11 is 5.23. The third-order valence-electron chi connectivity index (χ3n) is 0.790. The number of halogens is 1. The van der Waals surface area contributed by atoms with Gasteiger partial charge in [0.25, 0.3) is 0 Å². The van der Waals surface area contributed by atoms with Crippen LogP contribution < -0.4 is 11.5 Å². The van der Waals surface area contributed by atoms with Crippen molar-refractivity contribution in [3.63, 3.8) is 0 Å². The molecule has 0 spiro atoms. The second kappa shape index (κ2) is 3.85. The van der Waals surface area contributed by atoms with Crippen molar-refractivity contribution in [3.05, 3.63) is 35.3 Å². The van der Waals surface area contributed by atoms with Gasteiger partial charge in [-0.15, -0.1) is 0 Å². The lowest BCUT2D eigenvalue weighted by Crippen LogP contribution is -1.98. The lowest BCUT2D eigenvalue weighted by atomic mass is 10.3. The number of allylic oxidation sites excluding steroid dienone is 2. The molecule has 0 aliphatic rings. The molecule has 0 aliphatic heterocycles. The van der Waals surface area contributed by atoms with E-state index in [0.29, 0.717) is 0 Å². The first-order valence-corrected chi connectivity index (χ1v) is 2.89. The largest absolute Gasteiger partial charge is 0.506 e. The van der Waals surface area contributed by atoms with Crippen LogP contribution in [0.25, 0.3) is 0 Å². The van der Waals surface area contributed by atoms with E-state index < -0.39 is 0 Å². The Morgan fingerprint density at radius 3 is 2.30 bits per heavy atom. The summed E-state index contributed by atoms with van der Waals surface area (Å²) in [7, 11) is 0. The van der Waals surface area contributed by atoms with Crippen LogP contribution in [0.2, 0.25) is 0 Å². The molecular weight excluding hydrogens is 152 g/mol. The van der Waals surface area contributed by atoms with Crippen LogP contribution in [0.3, 0.4) is 0 Å². The lowest BCUT2D eigenvalue weighted by molar-refractivity contribution is 0.426. The van der Waals surface area contributed by atoms with Crippen molar-refractivity contribution in [2.75, 3.05) is 0 Å². The topological polar surface area (TPSA) is 72.3 Å². The number of hydrogen-bond donors (Lipinski definition) is 3. The molecule has 3 nitrogen and oxygen atoms in total. The highest BCUT2D eigenvalue weighted by molar-refractivity contribution is 6.29. The van der Waals surface area contributed by atoms with E-state index in [1.54, 1.807) is 0 Å². The van der Waals surface area contributed by atoms with E-state index >= 15 is 0 Å². The molecule has 0 saturated carbocycles. The highest BCUT2D eigenvalue weighted by atomic mass is 35.5. The molecule has 0 saturated heterocycles. The quantitative estimate of drug-likeness (QED) is 0.320. The summed E-state index contributed by atoms with van der Waals surface area (Å²) in [6, 6.07) is 0. The van der Waals surface area contributed by atoms with Gasteiger partial charge in [-0.3, -0.25) is 0 Å². The lowest BCUT2D eigenvalue weighted by Gasteiger charge is -1.94. The summed E-state index contributed by atoms with van der Waals surface area (Å²) < 4.78 is 0. The highest BCUT2D eigenvalue weighted by Crippen LogP contribution is 2.01. The Labute approximate surface area is 64.3 Å². The number of aliphatic hydroxyl groups is 1. The first-order valence-electron chi connectivity index (χ1n) is 2.51. The molecule has 0 heterocycles. The van der Waals surface area contributed by atoms with Gasteiger partial charge < -0.3 is 16.6 Å². The van der Waals surface area contributed by atoms with Crippen molar-refractivity contribution in [3.8, 4) is 0 Å². The van der Waals surface area contributed by atoms with E-state index in [1.165, 1.54) is 6.08 Å². The van der Waals surface area contributed by atoms with Crippen LogP contribution in [-0.2, 0) is 0 Å². The Kier molecular flexibility index (Phi) is 3.43. The zero-order valence-corrected chi connectivity index (χ0v) is 6.10. The summed E-state index contributed by atoms with van der Waals surface area (Å²) in [5.41, 5.74) is 10.4. The maximum Gasteiger partial charge on any atom is 0.141 e. The van der Waals surface area contributed by atoms with E-state index in [1.807, 2.05) is 0 Å². The molecule has 0 fully saturated rings. The van der Waals surface area contributed by atoms with Crippen LogP contribution >= 0.6 is 11.6 Å². The summed E-state index contributed by atoms with van der Waals surface area (Å²) in [5.74, 6) is -0.178. The number of hydrogen-bond acceptors (Lipinski definition) is 3. The van der Waals surface area contributed by atoms with Gasteiger partial charge in [0.1, 0.15) is 10.9 Å². The second-order valence-corrected chi connectivity index (χ2v) is 2.01. The predicted octanol–water partition coefficient (Wildman–Crippen LogP) is 0.940. The third kappa shape index (κ3) is 3.04. The molecule has 0 aliphatic carbocycles. The van der Waals surface area contributed by atoms with E-state index in [4.69, 9.17) is 28.2 Å². The number of aliphatic hydroxyl groups excluding tert-OH is 1. The van der Waals surface area contributed by atoms with E-state index in [-0.39, 0.29) is 16.6 Å². The van der Waals surface area contributed by atoms with Crippen molar-refractivity contribution < 1.29 is 5.11 Å². The molecule has 0 aromatic heterocycles. The van der Waals surface area contributed by atoms with Gasteiger partial charge in [-0.2, -0.15) is 0 Å². The summed E-state index contributed by atoms with van der Waals surface area (Å²) in [4.78, 5) is 0. The molecule has 0 aromatic rings. The van der Waals surface area contributed by atoms with Gasteiger partial charge in [0, 0.05) is 6.08 Å². The van der Waals surface area contributed by atoms with Crippen LogP contribution in [0.4, 0.5) is 0 Å². The van der Waals surface area contributed by atoms with Crippen molar-refractivity contribution in [1.82, 2.24) is 0 Å². The average Bonchev–Trinajstić information content (AvgIpc) is 1.85. The fraction of sp³-hybridized carbons (Fsp3) is 0. The maximum absolute atomic E-state index is 8.93. The average molecular weight is 161 g/mol. The number of rotatable bonds is 2. The summed E-state index contributed by atoms with van der Waals surface area (Å²) in [6.45, 7) is 3.33. The van der Waals surface area contributed by atoms with E-state index in [2.05, 4.69) is 6.58 Å². The molecular formula is C6H9ClN2O. The molecule has 0 unspecified atom stereocenters. The van der Waals surface area contributed by atoms with Crippen molar-refractivity contribution in [1.29, 1.82) is 0 Å². The molecule has 0 rings (SSSR count). The first kappa shape index (κ1) is 8.91. The van der Waals surface area contributed by atoms with Gasteiger partial charge >= 0.3 is 0 Å². The van der Waals surface area contributed by atoms with Crippen LogP contribution in [0.5, 0.6) is 0 Å². The molecule has 0 bridgehead atoms. The van der Waals surface area contributed by atoms with Gasteiger partial charge in [-0.1, -0.05) is 18.2 Å². The second-order valence-electron chi connectivity index (χ2n) is 1.57. The molecule has 56 valence electrons. The fourth-order valence-electron chi connectivity index (χ4n) is 0.319. The highest BCUT2D eigenvalue weighted by Gasteiger charge is 1.92. The summed E-state index contributed by atoms with van der Waals surface area (Å²) in [5, 5.41) is 8.90. The van der Waals surface area contributed by atoms with Crippen LogP contribution in [0, 0.1) is 0 Å². The van der Waals surface area contributed by atoms with Gasteiger partial charge in [0.15, 0.2) is 0 Å². The standard InChI is InChI=1S/C6H9ClN2O/c1-2-4(8)5(10)3-6(7)9/h2-3,10H,1,8-9H2/b5-4+,6-3-. The van der Waals surface area contributed by atoms with Crippen LogP contribution in [0.1, 0.15) is 0 Å². The van der Waals surface area contributed by atoms with E-state index in [9.17, 15) is 0 Å². The fourth-order valence-corrected chi connectivity index (χ4v) is 0.422. The monoisotopic (exact) mass is 160 g/mol. The van der Waals surface area contributed by atoms with Gasteiger partial charge in [-0.25, -0.2) is 0 Å². The van der Waals surface area contributed by atoms with Crippen molar-refractivity contribution in [2.24, 2.45) is 11.5 Å². The zero-order chi connectivity index (χ0) is 8.15. The summed E-state index contributed by atoms with van der Waals surface area (Å²) in [6.07, 6.45) is 2.43. The Balaban J connectivity index is 4.48. The number of nitrogens with two attached hydrogens (primary N) is 2. The normalized spacial score (nSPS) is 14.3. The Hall–Kier alpha value is -1.09. The third-order valence-corrected chi connectivity index (χ3v) is 0.899. The Morgan fingerprint density at radius 2 is 2.00 bits per heavy atom. The molecule has 0 amide bonds. The predicted molar refractivity (Wildman–Crippen MR) is 42.2 cm³/mol. The molecule has 0 radical (unpaired) electrons. The minimum Gasteiger partial charge on any atom is -0.506 e. The SMILES string of the molecule is C=C/C(N)=C(O)/C=C(\N)Cl. The minimum absolute atomic E-state index is 0.0256. The van der Waals surface area contributed by atoms with Gasteiger partial charge in [0.05, 0.1) is 5.70 Å². The van der Waals surface area contributed by atoms with Crippen LogP contribution in [-0.4, -0.2) is 5.11 Å². The zero-order valence-electron chi connectivity index (χ0n) is 5.34. The van der Waals surface area contributed by atoms with E-state index in [0.717, 1.165) is 6.08 Å². The molecule has 4 heteroatoms.